The van der Waals surface area contributed by atoms with E-state index in [0.717, 1.165) is 72.4 Å². The maximum Gasteiger partial charge on any atom is 0.206 e. The Kier molecular flexibility index (Phi) is 5.31. The summed E-state index contributed by atoms with van der Waals surface area (Å²) in [7, 11) is 0. The van der Waals surface area contributed by atoms with Gasteiger partial charge in [-0.15, -0.1) is 0 Å². The van der Waals surface area contributed by atoms with Crippen molar-refractivity contribution < 1.29 is 0 Å². The van der Waals surface area contributed by atoms with E-state index in [1.165, 1.54) is 5.56 Å². The summed E-state index contributed by atoms with van der Waals surface area (Å²) in [6.07, 6.45) is 1.78. The van der Waals surface area contributed by atoms with Crippen LogP contribution in [0.4, 0.5) is 11.8 Å². The van der Waals surface area contributed by atoms with Crippen molar-refractivity contribution >= 4 is 22.8 Å². The van der Waals surface area contributed by atoms with Crippen LogP contribution >= 0.6 is 0 Å². The number of H-pyrrole nitrogens is 1. The number of piperazine rings is 1. The van der Waals surface area contributed by atoms with Gasteiger partial charge in [0.1, 0.15) is 11.6 Å². The van der Waals surface area contributed by atoms with E-state index in [-0.39, 0.29) is 0 Å². The van der Waals surface area contributed by atoms with Gasteiger partial charge in [0.25, 0.3) is 0 Å². The zero-order chi connectivity index (χ0) is 21.2. The van der Waals surface area contributed by atoms with Crippen molar-refractivity contribution in [2.75, 3.05) is 31.5 Å². The van der Waals surface area contributed by atoms with Gasteiger partial charge >= 0.3 is 0 Å². The zero-order valence-electron chi connectivity index (χ0n) is 17.8. The lowest BCUT2D eigenvalue weighted by molar-refractivity contribution is 0.233. The molecule has 31 heavy (non-hydrogen) atoms. The second-order valence-electron chi connectivity index (χ2n) is 7.96. The van der Waals surface area contributed by atoms with E-state index >= 15 is 0 Å². The average Bonchev–Trinajstić information content (AvgIpc) is 3.15. The number of fused-ring (bicyclic) bond motifs is 1. The number of aromatic nitrogens is 5. The lowest BCUT2D eigenvalue weighted by atomic mass is 10.1. The third-order valence-corrected chi connectivity index (χ3v) is 5.43. The molecule has 8 heteroatoms. The number of pyridine rings is 1. The molecule has 158 valence electrons. The molecular weight excluding hydrogens is 388 g/mol. The van der Waals surface area contributed by atoms with Crippen molar-refractivity contribution in [3.63, 3.8) is 0 Å². The van der Waals surface area contributed by atoms with Gasteiger partial charge in [-0.05, 0) is 49.7 Å². The number of rotatable bonds is 5. The molecule has 5 rings (SSSR count). The van der Waals surface area contributed by atoms with Crippen molar-refractivity contribution in [1.82, 2.24) is 35.1 Å². The first-order valence-corrected chi connectivity index (χ1v) is 10.6. The Morgan fingerprint density at radius 2 is 1.87 bits per heavy atom. The largest absolute Gasteiger partial charge is 0.324 e. The van der Waals surface area contributed by atoms with Gasteiger partial charge in [-0.2, -0.15) is 0 Å². The molecule has 0 unspecified atom stereocenters. The predicted octanol–water partition coefficient (Wildman–Crippen LogP) is 3.18. The van der Waals surface area contributed by atoms with E-state index in [1.807, 2.05) is 32.0 Å². The number of imidazole rings is 1. The third kappa shape index (κ3) is 4.55. The maximum atomic E-state index is 4.68. The SMILES string of the molecule is Cc1cc(CN2CCNCC2)cc(Nc2nc3ccc(-c4ccnc(C)n4)cc3[nH]2)n1. The molecule has 1 aromatic carbocycles. The Morgan fingerprint density at radius 3 is 2.71 bits per heavy atom. The minimum Gasteiger partial charge on any atom is -0.324 e. The summed E-state index contributed by atoms with van der Waals surface area (Å²) in [6.45, 7) is 9.09. The zero-order valence-corrected chi connectivity index (χ0v) is 17.8. The van der Waals surface area contributed by atoms with Crippen LogP contribution in [0, 0.1) is 13.8 Å². The number of hydrogen-bond donors (Lipinski definition) is 3. The smallest absolute Gasteiger partial charge is 0.206 e. The number of hydrogen-bond acceptors (Lipinski definition) is 7. The van der Waals surface area contributed by atoms with Crippen LogP contribution in [0.5, 0.6) is 0 Å². The number of anilines is 2. The van der Waals surface area contributed by atoms with Gasteiger partial charge in [-0.25, -0.2) is 19.9 Å². The van der Waals surface area contributed by atoms with Gasteiger partial charge in [-0.3, -0.25) is 4.90 Å². The second kappa shape index (κ2) is 8.41. The Hall–Kier alpha value is -3.36. The van der Waals surface area contributed by atoms with E-state index < -0.39 is 0 Å². The van der Waals surface area contributed by atoms with Crippen LogP contribution in [-0.4, -0.2) is 56.0 Å². The molecule has 0 saturated carbocycles. The summed E-state index contributed by atoms with van der Waals surface area (Å²) in [6, 6.07) is 12.3. The molecule has 4 aromatic rings. The summed E-state index contributed by atoms with van der Waals surface area (Å²) in [5, 5.41) is 6.75. The highest BCUT2D eigenvalue weighted by atomic mass is 15.2. The van der Waals surface area contributed by atoms with Crippen LogP contribution in [0.25, 0.3) is 22.3 Å². The Balaban J connectivity index is 1.37. The molecule has 8 nitrogen and oxygen atoms in total. The highest BCUT2D eigenvalue weighted by molar-refractivity contribution is 5.83. The van der Waals surface area contributed by atoms with Gasteiger partial charge in [0.2, 0.25) is 5.95 Å². The normalized spacial score (nSPS) is 14.8. The molecule has 0 aliphatic carbocycles. The van der Waals surface area contributed by atoms with Crippen molar-refractivity contribution in [2.45, 2.75) is 20.4 Å². The minimum absolute atomic E-state index is 0.678. The molecule has 0 radical (unpaired) electrons. The second-order valence-corrected chi connectivity index (χ2v) is 7.96. The monoisotopic (exact) mass is 414 g/mol. The molecule has 0 atom stereocenters. The fourth-order valence-electron chi connectivity index (χ4n) is 3.99. The third-order valence-electron chi connectivity index (χ3n) is 5.43. The van der Waals surface area contributed by atoms with Crippen molar-refractivity contribution in [3.8, 4) is 11.3 Å². The van der Waals surface area contributed by atoms with Crippen LogP contribution in [-0.2, 0) is 6.54 Å². The number of benzene rings is 1. The molecule has 4 heterocycles. The molecule has 1 aliphatic rings. The maximum absolute atomic E-state index is 4.68. The summed E-state index contributed by atoms with van der Waals surface area (Å²) in [5.74, 6) is 2.24. The quantitative estimate of drug-likeness (QED) is 0.462. The average molecular weight is 415 g/mol. The lowest BCUT2D eigenvalue weighted by Gasteiger charge is -2.27. The summed E-state index contributed by atoms with van der Waals surface area (Å²) in [4.78, 5) is 23.8. The van der Waals surface area contributed by atoms with Gasteiger partial charge in [0, 0.05) is 50.2 Å². The van der Waals surface area contributed by atoms with Crippen LogP contribution in [0.1, 0.15) is 17.1 Å². The molecule has 3 N–H and O–H groups in total. The first kappa shape index (κ1) is 19.6. The minimum atomic E-state index is 0.678. The van der Waals surface area contributed by atoms with Crippen molar-refractivity contribution in [1.29, 1.82) is 0 Å². The van der Waals surface area contributed by atoms with Crippen LogP contribution in [0.3, 0.4) is 0 Å². The van der Waals surface area contributed by atoms with Gasteiger partial charge in [0.15, 0.2) is 0 Å². The summed E-state index contributed by atoms with van der Waals surface area (Å²) < 4.78 is 0. The molecule has 1 saturated heterocycles. The standard InChI is InChI=1S/C23H26N8/c1-15-11-17(14-31-9-7-24-8-10-31)12-22(26-15)30-23-28-20-4-3-18(13-21(20)29-23)19-5-6-25-16(2)27-19/h3-6,11-13,24H,7-10,14H2,1-2H3,(H2,26,28,29,30). The number of aromatic amines is 1. The molecule has 0 bridgehead atoms. The first-order chi connectivity index (χ1) is 15.1. The van der Waals surface area contributed by atoms with Crippen molar-refractivity contribution in [2.24, 2.45) is 0 Å². The molecule has 1 aliphatic heterocycles. The highest BCUT2D eigenvalue weighted by Crippen LogP contribution is 2.24. The van der Waals surface area contributed by atoms with Crippen LogP contribution in [0.15, 0.2) is 42.6 Å². The number of nitrogens with zero attached hydrogens (tertiary/aromatic N) is 5. The Labute approximate surface area is 181 Å². The summed E-state index contributed by atoms with van der Waals surface area (Å²) in [5.41, 5.74) is 6.02. The van der Waals surface area contributed by atoms with E-state index in [1.54, 1.807) is 6.20 Å². The summed E-state index contributed by atoms with van der Waals surface area (Å²) >= 11 is 0. The van der Waals surface area contributed by atoms with Gasteiger partial charge < -0.3 is 15.6 Å². The number of nitrogens with one attached hydrogen (secondary N) is 3. The molecule has 0 amide bonds. The van der Waals surface area contributed by atoms with Gasteiger partial charge in [0.05, 0.1) is 16.7 Å². The van der Waals surface area contributed by atoms with Crippen LogP contribution < -0.4 is 10.6 Å². The van der Waals surface area contributed by atoms with E-state index in [2.05, 4.69) is 58.7 Å². The Bertz CT molecular complexity index is 1210. The molecule has 0 spiro atoms. The molecule has 3 aromatic heterocycles. The highest BCUT2D eigenvalue weighted by Gasteiger charge is 2.12. The first-order valence-electron chi connectivity index (χ1n) is 10.6. The topological polar surface area (TPSA) is 94.6 Å². The van der Waals surface area contributed by atoms with Gasteiger partial charge in [-0.1, -0.05) is 6.07 Å². The Morgan fingerprint density at radius 1 is 1.00 bits per heavy atom. The fraction of sp³-hybridized carbons (Fsp3) is 0.304. The van der Waals surface area contributed by atoms with Crippen LogP contribution in [0.2, 0.25) is 0 Å². The molecule has 1 fully saturated rings. The predicted molar refractivity (Wildman–Crippen MR) is 122 cm³/mol. The molecular formula is C23H26N8. The van der Waals surface area contributed by atoms with E-state index in [9.17, 15) is 0 Å². The fourth-order valence-corrected chi connectivity index (χ4v) is 3.99. The number of aryl methyl sites for hydroxylation is 2. The lowest BCUT2D eigenvalue weighted by Crippen LogP contribution is -2.42. The van der Waals surface area contributed by atoms with E-state index in [0.29, 0.717) is 5.95 Å². The van der Waals surface area contributed by atoms with E-state index in [4.69, 9.17) is 0 Å². The van der Waals surface area contributed by atoms with Crippen molar-refractivity contribution in [3.05, 3.63) is 59.7 Å².